The van der Waals surface area contributed by atoms with Crippen LogP contribution in [0.1, 0.15) is 51.3 Å². The molecule has 1 N–H and O–H groups in total. The number of ether oxygens (including phenoxy) is 1. The van der Waals surface area contributed by atoms with E-state index in [2.05, 4.69) is 55.2 Å². The Kier molecular flexibility index (Phi) is 9.29. The molecule has 1 saturated heterocycles. The highest BCUT2D eigenvalue weighted by Gasteiger charge is 2.50. The summed E-state index contributed by atoms with van der Waals surface area (Å²) in [5, 5.41) is 15.2. The summed E-state index contributed by atoms with van der Waals surface area (Å²) in [5.41, 5.74) is 0.753. The maximum atomic E-state index is 16.4. The number of benzene rings is 3. The van der Waals surface area contributed by atoms with Crippen molar-refractivity contribution in [3.8, 4) is 0 Å². The number of morpholine rings is 1. The van der Waals surface area contributed by atoms with Crippen LogP contribution in [0.4, 0.5) is 14.5 Å². The molecule has 4 aromatic rings. The lowest BCUT2D eigenvalue weighted by Gasteiger charge is -2.43. The molecule has 1 aliphatic heterocycles. The van der Waals surface area contributed by atoms with E-state index in [4.69, 9.17) is 9.16 Å². The van der Waals surface area contributed by atoms with Gasteiger partial charge in [0, 0.05) is 42.2 Å². The van der Waals surface area contributed by atoms with E-state index in [0.29, 0.717) is 24.2 Å². The van der Waals surface area contributed by atoms with Crippen LogP contribution in [0.3, 0.4) is 0 Å². The number of anilines is 1. The molecule has 5 rings (SSSR count). The first-order valence-corrected chi connectivity index (χ1v) is 16.8. The standard InChI is InChI=1S/C35H39F2N3O3Si/c1-24-21-40(22-25(2)43-24)34-27(20-30(31(36)32(34)37)33(39-41)26-16-18-38-19-17-26)23-42-44(35(3,4)5,28-12-8-6-9-13-28)29-14-10-7-11-15-29/h6-20,24-25,41H,21-23H2,1-5H3/t24-,25+. The van der Waals surface area contributed by atoms with Crippen LogP contribution in [0.2, 0.25) is 5.04 Å². The fourth-order valence-corrected chi connectivity index (χ4v) is 10.9. The minimum atomic E-state index is -3.03. The van der Waals surface area contributed by atoms with E-state index < -0.39 is 20.0 Å². The summed E-state index contributed by atoms with van der Waals surface area (Å²) in [7, 11) is -3.03. The van der Waals surface area contributed by atoms with Crippen LogP contribution in [0.5, 0.6) is 0 Å². The molecule has 3 aromatic carbocycles. The molecule has 0 aliphatic carbocycles. The van der Waals surface area contributed by atoms with E-state index in [1.54, 1.807) is 18.2 Å². The van der Waals surface area contributed by atoms with Crippen molar-refractivity contribution in [2.24, 2.45) is 5.16 Å². The zero-order chi connectivity index (χ0) is 31.5. The van der Waals surface area contributed by atoms with Crippen molar-refractivity contribution >= 4 is 30.1 Å². The van der Waals surface area contributed by atoms with Gasteiger partial charge in [-0.3, -0.25) is 4.98 Å². The highest BCUT2D eigenvalue weighted by Crippen LogP contribution is 2.39. The molecule has 230 valence electrons. The first kappa shape index (κ1) is 31.5. The number of aromatic nitrogens is 1. The molecule has 44 heavy (non-hydrogen) atoms. The second-order valence-electron chi connectivity index (χ2n) is 12.4. The molecular weight excluding hydrogens is 576 g/mol. The van der Waals surface area contributed by atoms with Crippen LogP contribution < -0.4 is 15.3 Å². The van der Waals surface area contributed by atoms with Crippen LogP contribution in [0, 0.1) is 11.6 Å². The maximum absolute atomic E-state index is 16.4. The van der Waals surface area contributed by atoms with Gasteiger partial charge in [0.15, 0.2) is 11.6 Å². The average Bonchev–Trinajstić information content (AvgIpc) is 3.00. The van der Waals surface area contributed by atoms with E-state index in [9.17, 15) is 5.21 Å². The van der Waals surface area contributed by atoms with E-state index >= 15 is 8.78 Å². The van der Waals surface area contributed by atoms with Crippen LogP contribution >= 0.6 is 0 Å². The lowest BCUT2D eigenvalue weighted by atomic mass is 9.98. The Labute approximate surface area is 259 Å². The molecule has 0 radical (unpaired) electrons. The lowest BCUT2D eigenvalue weighted by molar-refractivity contribution is -0.00553. The van der Waals surface area contributed by atoms with Crippen molar-refractivity contribution in [2.45, 2.75) is 58.5 Å². The summed E-state index contributed by atoms with van der Waals surface area (Å²) in [4.78, 5) is 5.84. The highest BCUT2D eigenvalue weighted by molar-refractivity contribution is 6.99. The zero-order valence-corrected chi connectivity index (χ0v) is 26.8. The summed E-state index contributed by atoms with van der Waals surface area (Å²) in [6, 6.07) is 25.1. The third kappa shape index (κ3) is 6.04. The van der Waals surface area contributed by atoms with Gasteiger partial charge < -0.3 is 19.3 Å². The van der Waals surface area contributed by atoms with Crippen molar-refractivity contribution in [1.82, 2.24) is 4.98 Å². The monoisotopic (exact) mass is 615 g/mol. The van der Waals surface area contributed by atoms with Crippen LogP contribution in [-0.2, 0) is 15.8 Å². The number of hydrogen-bond donors (Lipinski definition) is 1. The summed E-state index contributed by atoms with van der Waals surface area (Å²) < 4.78 is 45.6. The maximum Gasteiger partial charge on any atom is 0.261 e. The van der Waals surface area contributed by atoms with E-state index in [1.165, 1.54) is 12.4 Å². The SMILES string of the molecule is C[C@@H]1CN(c2c(CO[Si](c3ccccc3)(c3ccccc3)C(C)(C)C)cc(C(=NO)c3ccncc3)c(F)c2F)C[C@H](C)O1. The van der Waals surface area contributed by atoms with Gasteiger partial charge in [0.1, 0.15) is 5.71 Å². The molecule has 0 amide bonds. The van der Waals surface area contributed by atoms with Crippen molar-refractivity contribution in [3.05, 3.63) is 120 Å². The molecule has 1 aliphatic rings. The minimum Gasteiger partial charge on any atom is -0.410 e. The van der Waals surface area contributed by atoms with Gasteiger partial charge in [0.05, 0.1) is 24.5 Å². The lowest BCUT2D eigenvalue weighted by Crippen LogP contribution is -2.66. The highest BCUT2D eigenvalue weighted by atomic mass is 28.4. The second-order valence-corrected chi connectivity index (χ2v) is 16.7. The Hall–Kier alpha value is -3.92. The van der Waals surface area contributed by atoms with Crippen molar-refractivity contribution < 1.29 is 23.2 Å². The molecule has 2 atom stereocenters. The summed E-state index contributed by atoms with van der Waals surface area (Å²) in [6.07, 6.45) is 2.65. The van der Waals surface area contributed by atoms with Gasteiger partial charge in [0.25, 0.3) is 8.32 Å². The fraction of sp³-hybridized carbons (Fsp3) is 0.314. The van der Waals surface area contributed by atoms with Gasteiger partial charge in [-0.15, -0.1) is 0 Å². The third-order valence-corrected chi connectivity index (χ3v) is 13.1. The molecule has 9 heteroatoms. The van der Waals surface area contributed by atoms with E-state index in [-0.39, 0.29) is 40.8 Å². The molecule has 0 saturated carbocycles. The number of pyridine rings is 1. The Balaban J connectivity index is 1.70. The predicted molar refractivity (Wildman–Crippen MR) is 173 cm³/mol. The minimum absolute atomic E-state index is 0.00197. The normalized spacial score (nSPS) is 18.0. The van der Waals surface area contributed by atoms with Gasteiger partial charge in [-0.2, -0.15) is 0 Å². The van der Waals surface area contributed by atoms with Crippen LogP contribution in [0.25, 0.3) is 0 Å². The largest absolute Gasteiger partial charge is 0.410 e. The average molecular weight is 616 g/mol. The Morgan fingerprint density at radius 3 is 1.98 bits per heavy atom. The first-order valence-electron chi connectivity index (χ1n) is 14.9. The van der Waals surface area contributed by atoms with Crippen LogP contribution in [-0.4, -0.2) is 49.5 Å². The van der Waals surface area contributed by atoms with Crippen molar-refractivity contribution in [3.63, 3.8) is 0 Å². The van der Waals surface area contributed by atoms with Crippen molar-refractivity contribution in [1.29, 1.82) is 0 Å². The Bertz CT molecular complexity index is 1550. The topological polar surface area (TPSA) is 67.2 Å². The van der Waals surface area contributed by atoms with Gasteiger partial charge in [-0.1, -0.05) is 86.6 Å². The van der Waals surface area contributed by atoms with Gasteiger partial charge in [-0.25, -0.2) is 8.78 Å². The van der Waals surface area contributed by atoms with E-state index in [0.717, 1.165) is 10.4 Å². The first-order chi connectivity index (χ1) is 21.1. The summed E-state index contributed by atoms with van der Waals surface area (Å²) in [6.45, 7) is 11.1. The fourth-order valence-electron chi connectivity index (χ4n) is 6.38. The molecule has 1 fully saturated rings. The summed E-state index contributed by atoms with van der Waals surface area (Å²) >= 11 is 0. The van der Waals surface area contributed by atoms with Crippen LogP contribution in [0.15, 0.2) is 96.4 Å². The molecular formula is C35H39F2N3O3Si. The Morgan fingerprint density at radius 1 is 0.932 bits per heavy atom. The van der Waals surface area contributed by atoms with Crippen molar-refractivity contribution in [2.75, 3.05) is 18.0 Å². The summed E-state index contributed by atoms with van der Waals surface area (Å²) in [5.74, 6) is -2.11. The Morgan fingerprint density at radius 2 is 1.48 bits per heavy atom. The molecule has 6 nitrogen and oxygen atoms in total. The van der Waals surface area contributed by atoms with Gasteiger partial charge in [0.2, 0.25) is 0 Å². The van der Waals surface area contributed by atoms with Gasteiger partial charge in [-0.05, 0) is 47.5 Å². The number of hydrogen-bond acceptors (Lipinski definition) is 6. The smallest absolute Gasteiger partial charge is 0.261 e. The molecule has 0 spiro atoms. The molecule has 0 bridgehead atoms. The number of nitrogens with zero attached hydrogens (tertiary/aromatic N) is 3. The molecule has 1 aromatic heterocycles. The number of oxime groups is 1. The quantitative estimate of drug-likeness (QED) is 0.109. The predicted octanol–water partition coefficient (Wildman–Crippen LogP) is 6.28. The van der Waals surface area contributed by atoms with E-state index in [1.807, 2.05) is 55.1 Å². The number of rotatable bonds is 8. The van der Waals surface area contributed by atoms with Gasteiger partial charge >= 0.3 is 0 Å². The number of halogens is 2. The molecule has 0 unspecified atom stereocenters. The zero-order valence-electron chi connectivity index (χ0n) is 25.8. The second kappa shape index (κ2) is 13.0. The molecule has 2 heterocycles. The third-order valence-electron chi connectivity index (χ3n) is 8.17.